The van der Waals surface area contributed by atoms with E-state index in [-0.39, 0.29) is 30.2 Å². The fraction of sp³-hybridized carbons (Fsp3) is 0.571. The molecule has 0 unspecified atom stereocenters. The molecule has 0 N–H and O–H groups in total. The van der Waals surface area contributed by atoms with E-state index in [1.807, 2.05) is 44.2 Å². The second kappa shape index (κ2) is 12.1. The molecule has 0 spiro atoms. The van der Waals surface area contributed by atoms with Crippen LogP contribution in [0.1, 0.15) is 58.9 Å². The number of nitrogens with zero attached hydrogens (tertiary/aromatic N) is 2. The smallest absolute Gasteiger partial charge is 0.305 e. The lowest BCUT2D eigenvalue weighted by molar-refractivity contribution is -0.166. The lowest BCUT2D eigenvalue weighted by atomic mass is 10.1. The van der Waals surface area contributed by atoms with Crippen LogP contribution < -0.4 is 0 Å². The zero-order chi connectivity index (χ0) is 20.2. The number of rotatable bonds is 10. The minimum Gasteiger partial charge on any atom is -0.466 e. The molecule has 0 atom stereocenters. The molecule has 27 heavy (non-hydrogen) atoms. The van der Waals surface area contributed by atoms with E-state index in [0.29, 0.717) is 26.0 Å². The number of esters is 1. The Morgan fingerprint density at radius 2 is 1.70 bits per heavy atom. The van der Waals surface area contributed by atoms with Gasteiger partial charge in [-0.3, -0.25) is 19.4 Å². The molecule has 0 radical (unpaired) electrons. The fourth-order valence-electron chi connectivity index (χ4n) is 2.91. The van der Waals surface area contributed by atoms with E-state index >= 15 is 0 Å². The number of ether oxygens (including phenoxy) is 1. The van der Waals surface area contributed by atoms with Crippen LogP contribution in [0.15, 0.2) is 30.3 Å². The van der Waals surface area contributed by atoms with Crippen molar-refractivity contribution < 1.29 is 19.1 Å². The molecule has 150 valence electrons. The topological polar surface area (TPSA) is 66.9 Å². The number of hydrogen-bond donors (Lipinski definition) is 0. The highest BCUT2D eigenvalue weighted by atomic mass is 16.5. The van der Waals surface area contributed by atoms with Gasteiger partial charge in [0.05, 0.1) is 13.0 Å². The summed E-state index contributed by atoms with van der Waals surface area (Å²) in [7, 11) is 0. The predicted octanol–water partition coefficient (Wildman–Crippen LogP) is 3.35. The number of hydrogen-bond acceptors (Lipinski definition) is 4. The van der Waals surface area contributed by atoms with E-state index in [4.69, 9.17) is 4.74 Å². The van der Waals surface area contributed by atoms with Crippen LogP contribution in [-0.4, -0.2) is 47.0 Å². The second-order valence-electron chi connectivity index (χ2n) is 6.75. The Morgan fingerprint density at radius 3 is 2.26 bits per heavy atom. The molecule has 0 aromatic heterocycles. The molecule has 1 aromatic carbocycles. The fourth-order valence-corrected chi connectivity index (χ4v) is 2.91. The highest BCUT2D eigenvalue weighted by molar-refractivity contribution is 5.82. The summed E-state index contributed by atoms with van der Waals surface area (Å²) in [5.74, 6) is -0.448. The van der Waals surface area contributed by atoms with Crippen molar-refractivity contribution in [1.29, 1.82) is 0 Å². The summed E-state index contributed by atoms with van der Waals surface area (Å²) in [6.45, 7) is 7.92. The van der Waals surface area contributed by atoms with Crippen molar-refractivity contribution in [2.24, 2.45) is 0 Å². The maximum atomic E-state index is 12.8. The summed E-state index contributed by atoms with van der Waals surface area (Å²) in [5.41, 5.74) is 0.922. The quantitative estimate of drug-likeness (QED) is 0.357. The Hall–Kier alpha value is -2.37. The van der Waals surface area contributed by atoms with Gasteiger partial charge in [0.25, 0.3) is 0 Å². The third-order valence-corrected chi connectivity index (χ3v) is 4.12. The average Bonchev–Trinajstić information content (AvgIpc) is 2.60. The Bertz CT molecular complexity index is 601. The first-order chi connectivity index (χ1) is 12.9. The molecule has 2 amide bonds. The standard InChI is InChI=1S/C21H32N2O4/c1-5-27-21(26)14-10-7-11-15-22(18(4)24)23(17(2)3)20(25)16-19-12-8-6-9-13-19/h6,8-9,12-13,17H,5,7,10-11,14-16H2,1-4H3. The Kier molecular flexibility index (Phi) is 10.2. The van der Waals surface area contributed by atoms with Crippen LogP contribution in [0.3, 0.4) is 0 Å². The number of benzene rings is 1. The molecule has 1 aromatic rings. The summed E-state index contributed by atoms with van der Waals surface area (Å²) in [6.07, 6.45) is 2.87. The molecule has 6 nitrogen and oxygen atoms in total. The Labute approximate surface area is 162 Å². The normalized spacial score (nSPS) is 10.6. The van der Waals surface area contributed by atoms with Crippen LogP contribution >= 0.6 is 0 Å². The lowest BCUT2D eigenvalue weighted by Crippen LogP contribution is -2.53. The van der Waals surface area contributed by atoms with Gasteiger partial charge in [0.2, 0.25) is 11.8 Å². The third kappa shape index (κ3) is 8.24. The largest absolute Gasteiger partial charge is 0.466 e. The highest BCUT2D eigenvalue weighted by Crippen LogP contribution is 2.13. The predicted molar refractivity (Wildman–Crippen MR) is 105 cm³/mol. The van der Waals surface area contributed by atoms with Crippen molar-refractivity contribution in [3.05, 3.63) is 35.9 Å². The number of hydrazine groups is 1. The van der Waals surface area contributed by atoms with Crippen LogP contribution in [0.5, 0.6) is 0 Å². The van der Waals surface area contributed by atoms with Gasteiger partial charge < -0.3 is 4.74 Å². The van der Waals surface area contributed by atoms with Gasteiger partial charge in [-0.2, -0.15) is 0 Å². The molecule has 1 rings (SSSR count). The van der Waals surface area contributed by atoms with Gasteiger partial charge in [0.1, 0.15) is 0 Å². The van der Waals surface area contributed by atoms with Gasteiger partial charge in [-0.1, -0.05) is 36.8 Å². The molecular weight excluding hydrogens is 344 g/mol. The summed E-state index contributed by atoms with van der Waals surface area (Å²) in [6, 6.07) is 9.40. The third-order valence-electron chi connectivity index (χ3n) is 4.12. The van der Waals surface area contributed by atoms with E-state index in [2.05, 4.69) is 0 Å². The maximum Gasteiger partial charge on any atom is 0.305 e. The van der Waals surface area contributed by atoms with Gasteiger partial charge in [0.15, 0.2) is 0 Å². The first kappa shape index (κ1) is 22.7. The summed E-state index contributed by atoms with van der Waals surface area (Å²) in [4.78, 5) is 36.4. The first-order valence-corrected chi connectivity index (χ1v) is 9.66. The molecule has 0 saturated heterocycles. The SMILES string of the molecule is CCOC(=O)CCCCCN(C(C)=O)N(C(=O)Cc1ccccc1)C(C)C. The molecule has 0 aliphatic heterocycles. The number of carbonyl (C=O) groups is 3. The zero-order valence-corrected chi connectivity index (χ0v) is 16.9. The van der Waals surface area contributed by atoms with Gasteiger partial charge in [-0.25, -0.2) is 5.01 Å². The molecule has 0 fully saturated rings. The average molecular weight is 376 g/mol. The molecule has 0 saturated carbocycles. The van der Waals surface area contributed by atoms with E-state index in [9.17, 15) is 14.4 Å². The van der Waals surface area contributed by atoms with E-state index in [0.717, 1.165) is 18.4 Å². The van der Waals surface area contributed by atoms with Crippen molar-refractivity contribution in [3.8, 4) is 0 Å². The first-order valence-electron chi connectivity index (χ1n) is 9.66. The van der Waals surface area contributed by atoms with Crippen LogP contribution in [0, 0.1) is 0 Å². The lowest BCUT2D eigenvalue weighted by Gasteiger charge is -2.37. The van der Waals surface area contributed by atoms with Crippen molar-refractivity contribution >= 4 is 17.8 Å². The van der Waals surface area contributed by atoms with E-state index in [1.165, 1.54) is 11.9 Å². The van der Waals surface area contributed by atoms with E-state index in [1.54, 1.807) is 11.9 Å². The van der Waals surface area contributed by atoms with Crippen molar-refractivity contribution in [1.82, 2.24) is 10.0 Å². The molecule has 6 heteroatoms. The Morgan fingerprint density at radius 1 is 1.04 bits per heavy atom. The van der Waals surface area contributed by atoms with Gasteiger partial charge in [-0.05, 0) is 39.2 Å². The minimum atomic E-state index is -0.192. The van der Waals surface area contributed by atoms with Crippen LogP contribution in [0.2, 0.25) is 0 Å². The summed E-state index contributed by atoms with van der Waals surface area (Å²) >= 11 is 0. The van der Waals surface area contributed by atoms with Gasteiger partial charge >= 0.3 is 5.97 Å². The van der Waals surface area contributed by atoms with Crippen LogP contribution in [0.25, 0.3) is 0 Å². The Balaban J connectivity index is 2.63. The number of amides is 2. The monoisotopic (exact) mass is 376 g/mol. The maximum absolute atomic E-state index is 12.8. The van der Waals surface area contributed by atoms with Crippen molar-refractivity contribution in [2.75, 3.05) is 13.2 Å². The molecule has 0 heterocycles. The second-order valence-corrected chi connectivity index (χ2v) is 6.75. The van der Waals surface area contributed by atoms with Crippen LogP contribution in [0.4, 0.5) is 0 Å². The van der Waals surface area contributed by atoms with Crippen molar-refractivity contribution in [2.45, 2.75) is 65.8 Å². The molecule has 0 aliphatic carbocycles. The van der Waals surface area contributed by atoms with Crippen molar-refractivity contribution in [3.63, 3.8) is 0 Å². The molecular formula is C21H32N2O4. The van der Waals surface area contributed by atoms with Gasteiger partial charge in [0, 0.05) is 25.9 Å². The summed E-state index contributed by atoms with van der Waals surface area (Å²) in [5, 5.41) is 3.08. The highest BCUT2D eigenvalue weighted by Gasteiger charge is 2.26. The van der Waals surface area contributed by atoms with Crippen LogP contribution in [-0.2, 0) is 25.5 Å². The van der Waals surface area contributed by atoms with Gasteiger partial charge in [-0.15, -0.1) is 0 Å². The summed E-state index contributed by atoms with van der Waals surface area (Å²) < 4.78 is 4.91. The number of unbranched alkanes of at least 4 members (excludes halogenated alkanes) is 2. The molecule has 0 aliphatic rings. The zero-order valence-electron chi connectivity index (χ0n) is 16.9. The number of carbonyl (C=O) groups excluding carboxylic acids is 3. The molecule has 0 bridgehead atoms. The van der Waals surface area contributed by atoms with E-state index < -0.39 is 0 Å². The minimum absolute atomic E-state index is 0.0991.